The molecule has 0 rings (SSSR count). The molecule has 0 aromatic rings. The van der Waals surface area contributed by atoms with E-state index in [-0.39, 0.29) is 5.88 Å². The fourth-order valence-electron chi connectivity index (χ4n) is 0.215. The third-order valence-corrected chi connectivity index (χ3v) is 1.69. The first-order valence-electron chi connectivity index (χ1n) is 2.26. The highest BCUT2D eigenvalue weighted by atomic mass is 35.5. The predicted molar refractivity (Wildman–Crippen MR) is 46.7 cm³/mol. The summed E-state index contributed by atoms with van der Waals surface area (Å²) < 4.78 is 2.54. The van der Waals surface area contributed by atoms with Crippen LogP contribution in [-0.2, 0) is 4.74 Å². The number of halogens is 3. The number of carbonyl (C=O) groups is 1. The first kappa shape index (κ1) is 11.1. The molecule has 0 atom stereocenters. The maximum atomic E-state index is 10.5. The summed E-state index contributed by atoms with van der Waals surface area (Å²) in [6.45, 7) is 0. The van der Waals surface area contributed by atoms with Gasteiger partial charge in [-0.2, -0.15) is 0 Å². The van der Waals surface area contributed by atoms with Crippen molar-refractivity contribution >= 4 is 58.3 Å². The molecule has 0 saturated heterocycles. The quantitative estimate of drug-likeness (QED) is 0.419. The molecule has 0 aliphatic carbocycles. The Morgan fingerprint density at radius 2 is 2.27 bits per heavy atom. The normalized spacial score (nSPS) is 10.1. The van der Waals surface area contributed by atoms with E-state index in [1.807, 2.05) is 0 Å². The largest absolute Gasteiger partial charge is 0.445 e. The molecule has 0 fully saturated rings. The van der Waals surface area contributed by atoms with Crippen LogP contribution in [0.2, 0.25) is 0 Å². The number of alkyl halides is 3. The number of thiocarbonyl (C=S) groups is 1. The number of rotatable bonds is 2. The molecular weight excluding hydrogens is 232 g/mol. The highest BCUT2D eigenvalue weighted by Crippen LogP contribution is 2.24. The highest BCUT2D eigenvalue weighted by Gasteiger charge is 2.27. The van der Waals surface area contributed by atoms with E-state index in [0.29, 0.717) is 0 Å². The van der Waals surface area contributed by atoms with Gasteiger partial charge in [0.25, 0.3) is 4.52 Å². The van der Waals surface area contributed by atoms with Gasteiger partial charge in [0, 0.05) is 0 Å². The monoisotopic (exact) mass is 233 g/mol. The van der Waals surface area contributed by atoms with Crippen molar-refractivity contribution in [2.75, 3.05) is 5.88 Å². The van der Waals surface area contributed by atoms with Gasteiger partial charge in [-0.25, -0.2) is 4.79 Å². The van der Waals surface area contributed by atoms with Crippen molar-refractivity contribution in [2.24, 2.45) is 4.99 Å². The van der Waals surface area contributed by atoms with Crippen LogP contribution in [0.3, 0.4) is 0 Å². The van der Waals surface area contributed by atoms with Gasteiger partial charge in [-0.05, 0) is 12.2 Å². The molecule has 7 heteroatoms. The molecule has 0 radical (unpaired) electrons. The van der Waals surface area contributed by atoms with Gasteiger partial charge >= 0.3 is 6.09 Å². The summed E-state index contributed by atoms with van der Waals surface area (Å²) in [7, 11) is 0. The standard InChI is InChI=1S/C4H2Cl3NO2S/c5-1-4(6,7)10-3(9)8-2-11/h1H2. The van der Waals surface area contributed by atoms with Crippen LogP contribution in [0.1, 0.15) is 0 Å². The van der Waals surface area contributed by atoms with Gasteiger partial charge in [0.05, 0.1) is 11.0 Å². The van der Waals surface area contributed by atoms with Crippen LogP contribution in [-0.4, -0.2) is 21.7 Å². The zero-order chi connectivity index (χ0) is 8.91. The number of hydrogen-bond acceptors (Lipinski definition) is 3. The lowest BCUT2D eigenvalue weighted by molar-refractivity contribution is 0.135. The summed E-state index contributed by atoms with van der Waals surface area (Å²) in [6, 6.07) is 0. The molecule has 0 aliphatic heterocycles. The third kappa shape index (κ3) is 5.41. The van der Waals surface area contributed by atoms with Crippen molar-refractivity contribution < 1.29 is 9.53 Å². The summed E-state index contributed by atoms with van der Waals surface area (Å²) in [5, 5.41) is 1.79. The smallest absolute Gasteiger partial charge is 0.409 e. The summed E-state index contributed by atoms with van der Waals surface area (Å²) in [6.07, 6.45) is -1.02. The van der Waals surface area contributed by atoms with Crippen LogP contribution in [0.5, 0.6) is 0 Å². The molecule has 0 aliphatic rings. The Morgan fingerprint density at radius 1 is 1.73 bits per heavy atom. The van der Waals surface area contributed by atoms with Crippen molar-refractivity contribution in [2.45, 2.75) is 4.52 Å². The molecule has 0 N–H and O–H groups in total. The SMILES string of the molecule is O=C(N=C=S)OC(Cl)(Cl)CCl. The lowest BCUT2D eigenvalue weighted by Crippen LogP contribution is -2.22. The fourth-order valence-corrected chi connectivity index (χ4v) is 0.476. The molecule has 0 aromatic carbocycles. The molecule has 11 heavy (non-hydrogen) atoms. The molecule has 0 unspecified atom stereocenters. The van der Waals surface area contributed by atoms with Gasteiger partial charge in [-0.15, -0.1) is 16.6 Å². The Balaban J connectivity index is 4.03. The van der Waals surface area contributed by atoms with E-state index in [1.54, 1.807) is 5.16 Å². The van der Waals surface area contributed by atoms with Gasteiger partial charge in [0.2, 0.25) is 0 Å². The maximum absolute atomic E-state index is 10.5. The average molecular weight is 234 g/mol. The number of aliphatic imine (C=N–C) groups is 1. The molecular formula is C4H2Cl3NO2S. The predicted octanol–water partition coefficient (Wildman–Crippen LogP) is 2.60. The van der Waals surface area contributed by atoms with Gasteiger partial charge < -0.3 is 4.74 Å². The number of ether oxygens (including phenoxy) is 1. The number of hydrogen-bond donors (Lipinski definition) is 0. The fraction of sp³-hybridized carbons (Fsp3) is 0.500. The van der Waals surface area contributed by atoms with Crippen molar-refractivity contribution in [3.05, 3.63) is 0 Å². The molecule has 0 spiro atoms. The van der Waals surface area contributed by atoms with Crippen molar-refractivity contribution in [3.63, 3.8) is 0 Å². The van der Waals surface area contributed by atoms with Gasteiger partial charge in [-0.1, -0.05) is 23.2 Å². The van der Waals surface area contributed by atoms with E-state index in [0.717, 1.165) is 0 Å². The van der Waals surface area contributed by atoms with Crippen molar-refractivity contribution in [1.29, 1.82) is 0 Å². The van der Waals surface area contributed by atoms with E-state index in [2.05, 4.69) is 21.9 Å². The second kappa shape index (κ2) is 4.91. The van der Waals surface area contributed by atoms with Crippen LogP contribution in [0.25, 0.3) is 0 Å². The maximum Gasteiger partial charge on any atom is 0.445 e. The topological polar surface area (TPSA) is 38.7 Å². The first-order chi connectivity index (χ1) is 5.02. The van der Waals surface area contributed by atoms with Crippen molar-refractivity contribution in [1.82, 2.24) is 0 Å². The second-order valence-corrected chi connectivity index (χ2v) is 3.21. The molecule has 3 nitrogen and oxygen atoms in total. The second-order valence-electron chi connectivity index (χ2n) is 1.34. The lowest BCUT2D eigenvalue weighted by Gasteiger charge is -2.13. The minimum absolute atomic E-state index is 0.255. The third-order valence-electron chi connectivity index (χ3n) is 0.529. The minimum Gasteiger partial charge on any atom is -0.409 e. The number of nitrogens with zero attached hydrogens (tertiary/aromatic N) is 1. The number of isothiocyanates is 1. The Kier molecular flexibility index (Phi) is 4.97. The van der Waals surface area contributed by atoms with E-state index in [4.69, 9.17) is 34.8 Å². The molecule has 0 heterocycles. The van der Waals surface area contributed by atoms with Crippen LogP contribution >= 0.6 is 47.0 Å². The summed E-state index contributed by atoms with van der Waals surface area (Å²) in [5.74, 6) is -0.255. The van der Waals surface area contributed by atoms with E-state index >= 15 is 0 Å². The Bertz CT molecular complexity index is 202. The van der Waals surface area contributed by atoms with Gasteiger partial charge in [0.1, 0.15) is 0 Å². The van der Waals surface area contributed by atoms with Crippen LogP contribution in [0, 0.1) is 0 Å². The first-order valence-corrected chi connectivity index (χ1v) is 3.96. The Labute approximate surface area is 83.3 Å². The summed E-state index contributed by atoms with van der Waals surface area (Å²) in [4.78, 5) is 13.4. The highest BCUT2D eigenvalue weighted by molar-refractivity contribution is 7.78. The van der Waals surface area contributed by atoms with Gasteiger partial charge in [0.15, 0.2) is 0 Å². The number of carbonyl (C=O) groups excluding carboxylic acids is 1. The minimum atomic E-state index is -1.76. The Morgan fingerprint density at radius 3 is 2.64 bits per heavy atom. The van der Waals surface area contributed by atoms with Gasteiger partial charge in [-0.3, -0.25) is 0 Å². The zero-order valence-electron chi connectivity index (χ0n) is 5.01. The van der Waals surface area contributed by atoms with Crippen LogP contribution in [0.15, 0.2) is 4.99 Å². The lowest BCUT2D eigenvalue weighted by atomic mass is 10.8. The van der Waals surface area contributed by atoms with E-state index in [1.165, 1.54) is 0 Å². The van der Waals surface area contributed by atoms with Crippen LogP contribution in [0.4, 0.5) is 4.79 Å². The summed E-state index contributed by atoms with van der Waals surface area (Å²) in [5.41, 5.74) is 0. The molecule has 0 aromatic heterocycles. The van der Waals surface area contributed by atoms with E-state index in [9.17, 15) is 4.79 Å². The van der Waals surface area contributed by atoms with Crippen molar-refractivity contribution in [3.8, 4) is 0 Å². The molecule has 0 saturated carbocycles. The van der Waals surface area contributed by atoms with E-state index < -0.39 is 10.6 Å². The molecule has 0 bridgehead atoms. The molecule has 1 amide bonds. The number of amides is 1. The average Bonchev–Trinajstić information content (AvgIpc) is 1.87. The summed E-state index contributed by atoms with van der Waals surface area (Å²) >= 11 is 20.0. The van der Waals surface area contributed by atoms with Crippen LogP contribution < -0.4 is 0 Å². The Hall–Kier alpha value is 0.140. The molecule has 62 valence electrons. The zero-order valence-corrected chi connectivity index (χ0v) is 8.10.